The van der Waals surface area contributed by atoms with E-state index in [0.717, 1.165) is 66.5 Å². The normalized spacial score (nSPS) is 14.7. The third-order valence-corrected chi connectivity index (χ3v) is 5.79. The number of benzene rings is 2. The zero-order chi connectivity index (χ0) is 20.9. The Balaban J connectivity index is 1.52. The molecule has 30 heavy (non-hydrogen) atoms. The van der Waals surface area contributed by atoms with Gasteiger partial charge in [0.25, 0.3) is 5.56 Å². The molecule has 1 atom stereocenters. The number of hydrogen-bond acceptors (Lipinski definition) is 3. The fourth-order valence-corrected chi connectivity index (χ4v) is 3.73. The molecule has 158 valence electrons. The monoisotopic (exact) mass is 405 g/mol. The standard InChI is InChI=1S/C26H31NO3/c1-3-19(2)29-15-7-8-16-30-23-13-14-25-21(17-23)18-24(20-9-5-4-6-10-20)26(28)27(25)22-11-12-22/h4-6,9-10,13-14,17-19,22H,3,7-8,11-12,15-16H2,1-2H3. The van der Waals surface area contributed by atoms with Crippen LogP contribution in [0.15, 0.2) is 59.4 Å². The number of nitrogens with zero attached hydrogens (tertiary/aromatic N) is 1. The summed E-state index contributed by atoms with van der Waals surface area (Å²) in [4.78, 5) is 13.2. The molecule has 1 aliphatic rings. The Bertz CT molecular complexity index is 1040. The molecule has 1 unspecified atom stereocenters. The summed E-state index contributed by atoms with van der Waals surface area (Å²) >= 11 is 0. The minimum Gasteiger partial charge on any atom is -0.494 e. The van der Waals surface area contributed by atoms with Gasteiger partial charge in [0, 0.05) is 23.6 Å². The molecule has 2 aromatic carbocycles. The fraction of sp³-hybridized carbons (Fsp3) is 0.423. The molecule has 0 saturated heterocycles. The second-order valence-electron chi connectivity index (χ2n) is 8.20. The zero-order valence-corrected chi connectivity index (χ0v) is 18.0. The highest BCUT2D eigenvalue weighted by molar-refractivity contribution is 5.85. The Morgan fingerprint density at radius 3 is 2.53 bits per heavy atom. The Morgan fingerprint density at radius 2 is 1.80 bits per heavy atom. The lowest BCUT2D eigenvalue weighted by molar-refractivity contribution is 0.0592. The van der Waals surface area contributed by atoms with E-state index >= 15 is 0 Å². The molecule has 0 N–H and O–H groups in total. The highest BCUT2D eigenvalue weighted by Crippen LogP contribution is 2.37. The van der Waals surface area contributed by atoms with E-state index in [9.17, 15) is 4.79 Å². The average molecular weight is 406 g/mol. The Morgan fingerprint density at radius 1 is 1.03 bits per heavy atom. The van der Waals surface area contributed by atoms with Crippen LogP contribution < -0.4 is 10.3 Å². The molecular weight excluding hydrogens is 374 g/mol. The molecule has 0 bridgehead atoms. The van der Waals surface area contributed by atoms with Crippen molar-refractivity contribution in [3.05, 3.63) is 65.0 Å². The van der Waals surface area contributed by atoms with Crippen molar-refractivity contribution >= 4 is 10.9 Å². The second-order valence-corrected chi connectivity index (χ2v) is 8.20. The van der Waals surface area contributed by atoms with Gasteiger partial charge in [-0.1, -0.05) is 37.3 Å². The summed E-state index contributed by atoms with van der Waals surface area (Å²) in [6.45, 7) is 5.70. The number of aromatic nitrogens is 1. The predicted molar refractivity (Wildman–Crippen MR) is 122 cm³/mol. The number of unbranched alkanes of at least 4 members (excludes halogenated alkanes) is 1. The molecule has 1 aliphatic carbocycles. The van der Waals surface area contributed by atoms with Gasteiger partial charge in [-0.15, -0.1) is 0 Å². The van der Waals surface area contributed by atoms with Gasteiger partial charge >= 0.3 is 0 Å². The SMILES string of the molecule is CCC(C)OCCCCOc1ccc2c(c1)cc(-c1ccccc1)c(=O)n2C1CC1. The van der Waals surface area contributed by atoms with Gasteiger partial charge in [0.2, 0.25) is 0 Å². The molecule has 0 radical (unpaired) electrons. The number of rotatable bonds is 10. The molecule has 0 amide bonds. The van der Waals surface area contributed by atoms with Gasteiger partial charge in [-0.05, 0) is 68.9 Å². The molecule has 1 heterocycles. The van der Waals surface area contributed by atoms with E-state index in [-0.39, 0.29) is 5.56 Å². The van der Waals surface area contributed by atoms with E-state index in [2.05, 4.69) is 19.9 Å². The van der Waals surface area contributed by atoms with Gasteiger partial charge in [0.15, 0.2) is 0 Å². The quantitative estimate of drug-likeness (QED) is 0.390. The number of fused-ring (bicyclic) bond motifs is 1. The molecule has 0 aliphatic heterocycles. The van der Waals surface area contributed by atoms with E-state index in [1.54, 1.807) is 0 Å². The van der Waals surface area contributed by atoms with Crippen molar-refractivity contribution in [2.45, 2.75) is 58.1 Å². The average Bonchev–Trinajstić information content (AvgIpc) is 3.61. The van der Waals surface area contributed by atoms with Crippen LogP contribution in [0.25, 0.3) is 22.0 Å². The van der Waals surface area contributed by atoms with Crippen molar-refractivity contribution in [3.8, 4) is 16.9 Å². The lowest BCUT2D eigenvalue weighted by Gasteiger charge is -2.14. The Hall–Kier alpha value is -2.59. The van der Waals surface area contributed by atoms with Gasteiger partial charge in [0.1, 0.15) is 5.75 Å². The van der Waals surface area contributed by atoms with Crippen LogP contribution in [0.1, 0.15) is 52.0 Å². The first-order valence-electron chi connectivity index (χ1n) is 11.2. The maximum atomic E-state index is 13.2. The van der Waals surface area contributed by atoms with Crippen molar-refractivity contribution in [1.82, 2.24) is 4.57 Å². The zero-order valence-electron chi connectivity index (χ0n) is 18.0. The maximum absolute atomic E-state index is 13.2. The van der Waals surface area contributed by atoms with Gasteiger partial charge in [-0.2, -0.15) is 0 Å². The summed E-state index contributed by atoms with van der Waals surface area (Å²) in [5.74, 6) is 0.852. The summed E-state index contributed by atoms with van der Waals surface area (Å²) in [6, 6.07) is 18.3. The first-order chi connectivity index (χ1) is 14.7. The predicted octanol–water partition coefficient (Wildman–Crippen LogP) is 5.98. The lowest BCUT2D eigenvalue weighted by atomic mass is 10.0. The summed E-state index contributed by atoms with van der Waals surface area (Å²) in [5, 5.41) is 1.05. The summed E-state index contributed by atoms with van der Waals surface area (Å²) in [6.07, 6.45) is 5.48. The summed E-state index contributed by atoms with van der Waals surface area (Å²) < 4.78 is 13.7. The number of ether oxygens (including phenoxy) is 2. The summed E-state index contributed by atoms with van der Waals surface area (Å²) in [5.41, 5.74) is 2.82. The molecule has 0 spiro atoms. The van der Waals surface area contributed by atoms with E-state index in [4.69, 9.17) is 9.47 Å². The van der Waals surface area contributed by atoms with Crippen LogP contribution >= 0.6 is 0 Å². The first kappa shape index (κ1) is 20.7. The van der Waals surface area contributed by atoms with Crippen LogP contribution in [0.2, 0.25) is 0 Å². The molecule has 1 fully saturated rings. The molecule has 1 aromatic heterocycles. The highest BCUT2D eigenvalue weighted by Gasteiger charge is 2.27. The number of pyridine rings is 1. The van der Waals surface area contributed by atoms with E-state index < -0.39 is 0 Å². The molecular formula is C26H31NO3. The lowest BCUT2D eigenvalue weighted by Crippen LogP contribution is -2.21. The topological polar surface area (TPSA) is 40.5 Å². The Kier molecular flexibility index (Phi) is 6.53. The maximum Gasteiger partial charge on any atom is 0.259 e. The fourth-order valence-electron chi connectivity index (χ4n) is 3.73. The van der Waals surface area contributed by atoms with Crippen LogP contribution in [-0.2, 0) is 4.74 Å². The van der Waals surface area contributed by atoms with Gasteiger partial charge in [-0.3, -0.25) is 4.79 Å². The number of hydrogen-bond donors (Lipinski definition) is 0. The molecule has 1 saturated carbocycles. The first-order valence-corrected chi connectivity index (χ1v) is 11.2. The minimum absolute atomic E-state index is 0.103. The van der Waals surface area contributed by atoms with Crippen LogP contribution in [-0.4, -0.2) is 23.9 Å². The molecule has 4 heteroatoms. The van der Waals surface area contributed by atoms with Crippen LogP contribution in [0.5, 0.6) is 5.75 Å². The van der Waals surface area contributed by atoms with Crippen molar-refractivity contribution in [2.24, 2.45) is 0 Å². The van der Waals surface area contributed by atoms with Crippen LogP contribution in [0.3, 0.4) is 0 Å². The second kappa shape index (κ2) is 9.48. The smallest absolute Gasteiger partial charge is 0.259 e. The minimum atomic E-state index is 0.103. The Labute approximate surface area is 178 Å². The van der Waals surface area contributed by atoms with Gasteiger partial charge in [0.05, 0.1) is 18.2 Å². The molecule has 4 nitrogen and oxygen atoms in total. The third-order valence-electron chi connectivity index (χ3n) is 5.79. The highest BCUT2D eigenvalue weighted by atomic mass is 16.5. The van der Waals surface area contributed by atoms with E-state index in [1.807, 2.05) is 53.1 Å². The third kappa shape index (κ3) is 4.76. The summed E-state index contributed by atoms with van der Waals surface area (Å²) in [7, 11) is 0. The van der Waals surface area contributed by atoms with E-state index in [0.29, 0.717) is 18.8 Å². The van der Waals surface area contributed by atoms with E-state index in [1.165, 1.54) is 0 Å². The van der Waals surface area contributed by atoms with Crippen molar-refractivity contribution in [1.29, 1.82) is 0 Å². The van der Waals surface area contributed by atoms with Crippen LogP contribution in [0, 0.1) is 0 Å². The van der Waals surface area contributed by atoms with Crippen molar-refractivity contribution in [3.63, 3.8) is 0 Å². The molecule has 3 aromatic rings. The van der Waals surface area contributed by atoms with Gasteiger partial charge in [-0.25, -0.2) is 0 Å². The van der Waals surface area contributed by atoms with Gasteiger partial charge < -0.3 is 14.0 Å². The molecule has 4 rings (SSSR count). The largest absolute Gasteiger partial charge is 0.494 e. The van der Waals surface area contributed by atoms with Crippen molar-refractivity contribution in [2.75, 3.05) is 13.2 Å². The van der Waals surface area contributed by atoms with Crippen LogP contribution in [0.4, 0.5) is 0 Å². The van der Waals surface area contributed by atoms with Crippen molar-refractivity contribution < 1.29 is 9.47 Å².